The molecule has 0 aliphatic heterocycles. The molecule has 0 saturated heterocycles. The number of carbonyl (C=O) groups is 1. The molecule has 11 heteroatoms. The summed E-state index contributed by atoms with van der Waals surface area (Å²) in [5.41, 5.74) is 3.15. The van der Waals surface area contributed by atoms with E-state index in [-0.39, 0.29) is 23.6 Å². The number of rotatable bonds is 5. The molecular formula is C15H13N7O4. The van der Waals surface area contributed by atoms with Crippen molar-refractivity contribution < 1.29 is 9.72 Å². The van der Waals surface area contributed by atoms with Gasteiger partial charge < -0.3 is 4.57 Å². The number of carbonyl (C=O) groups excluding carboxylic acids is 1. The largest absolute Gasteiger partial charge is 0.305 e. The summed E-state index contributed by atoms with van der Waals surface area (Å²) in [5, 5.41) is 18.2. The van der Waals surface area contributed by atoms with E-state index in [0.29, 0.717) is 11.3 Å². The number of nitrogens with one attached hydrogen (secondary N) is 1. The van der Waals surface area contributed by atoms with Gasteiger partial charge in [-0.1, -0.05) is 0 Å². The second-order valence-corrected chi connectivity index (χ2v) is 5.32. The van der Waals surface area contributed by atoms with Gasteiger partial charge in [-0.2, -0.15) is 19.7 Å². The standard InChI is InChI=1S/C15H13N7O4/c1-10-6-14(24)21-15(16-9-18-21)20(10)8-13(23)19-17-7-11-2-4-12(5-3-11)22(25)26/h2-7,9H,8H2,1H3,(H,19,23)/b17-7-. The Balaban J connectivity index is 1.69. The molecule has 0 spiro atoms. The van der Waals surface area contributed by atoms with Crippen LogP contribution in [0.5, 0.6) is 0 Å². The molecule has 3 rings (SSSR count). The molecule has 0 saturated carbocycles. The van der Waals surface area contributed by atoms with Crippen molar-refractivity contribution in [3.8, 4) is 0 Å². The van der Waals surface area contributed by atoms with E-state index in [1.807, 2.05) is 0 Å². The Morgan fingerprint density at radius 1 is 1.38 bits per heavy atom. The SMILES string of the molecule is Cc1cc(=O)n2ncnc2n1CC(=O)N/N=C\c1ccc([N+](=O)[O-])cc1. The van der Waals surface area contributed by atoms with Crippen LogP contribution in [0.15, 0.2) is 46.6 Å². The van der Waals surface area contributed by atoms with Crippen molar-refractivity contribution in [3.63, 3.8) is 0 Å². The minimum Gasteiger partial charge on any atom is -0.305 e. The molecule has 2 aromatic heterocycles. The Labute approximate surface area is 145 Å². The zero-order valence-electron chi connectivity index (χ0n) is 13.6. The van der Waals surface area contributed by atoms with E-state index in [0.717, 1.165) is 4.52 Å². The van der Waals surface area contributed by atoms with Gasteiger partial charge in [0, 0.05) is 23.9 Å². The summed E-state index contributed by atoms with van der Waals surface area (Å²) in [6, 6.07) is 7.07. The van der Waals surface area contributed by atoms with E-state index in [1.54, 1.807) is 6.92 Å². The number of nitro groups is 1. The molecular weight excluding hydrogens is 342 g/mol. The second kappa shape index (κ2) is 6.93. The molecule has 0 atom stereocenters. The number of hydrogen-bond acceptors (Lipinski definition) is 7. The molecule has 11 nitrogen and oxygen atoms in total. The van der Waals surface area contributed by atoms with E-state index >= 15 is 0 Å². The minimum atomic E-state index is -0.499. The van der Waals surface area contributed by atoms with Crippen molar-refractivity contribution in [2.75, 3.05) is 0 Å². The lowest BCUT2D eigenvalue weighted by atomic mass is 10.2. The van der Waals surface area contributed by atoms with Crippen molar-refractivity contribution >= 4 is 23.6 Å². The van der Waals surface area contributed by atoms with Crippen LogP contribution in [0.1, 0.15) is 11.3 Å². The first kappa shape index (κ1) is 17.0. The van der Waals surface area contributed by atoms with Crippen LogP contribution in [0.4, 0.5) is 5.69 Å². The lowest BCUT2D eigenvalue weighted by Crippen LogP contribution is -2.27. The van der Waals surface area contributed by atoms with Crippen LogP contribution in [0.2, 0.25) is 0 Å². The van der Waals surface area contributed by atoms with E-state index in [1.165, 1.54) is 47.4 Å². The summed E-state index contributed by atoms with van der Waals surface area (Å²) in [6.45, 7) is 1.58. The summed E-state index contributed by atoms with van der Waals surface area (Å²) >= 11 is 0. The summed E-state index contributed by atoms with van der Waals surface area (Å²) in [5.74, 6) is -0.177. The third kappa shape index (κ3) is 3.45. The van der Waals surface area contributed by atoms with Crippen molar-refractivity contribution in [1.29, 1.82) is 0 Å². The second-order valence-electron chi connectivity index (χ2n) is 5.32. The molecule has 0 radical (unpaired) electrons. The van der Waals surface area contributed by atoms with Gasteiger partial charge in [0.05, 0.1) is 11.1 Å². The van der Waals surface area contributed by atoms with Crippen molar-refractivity contribution in [3.05, 3.63) is 68.4 Å². The maximum atomic E-state index is 12.1. The molecule has 26 heavy (non-hydrogen) atoms. The highest BCUT2D eigenvalue weighted by atomic mass is 16.6. The topological polar surface area (TPSA) is 137 Å². The van der Waals surface area contributed by atoms with Gasteiger partial charge in [-0.15, -0.1) is 0 Å². The number of benzene rings is 1. The number of nitro benzene ring substituents is 1. The van der Waals surface area contributed by atoms with Gasteiger partial charge >= 0.3 is 0 Å². The van der Waals surface area contributed by atoms with Gasteiger partial charge in [0.25, 0.3) is 17.2 Å². The Kier molecular flexibility index (Phi) is 4.51. The Hall–Kier alpha value is -3.89. The number of nitrogens with zero attached hydrogens (tertiary/aromatic N) is 6. The van der Waals surface area contributed by atoms with Crippen LogP contribution in [0.25, 0.3) is 5.78 Å². The zero-order chi connectivity index (χ0) is 18.7. The Bertz CT molecular complexity index is 1070. The van der Waals surface area contributed by atoms with Gasteiger partial charge in [-0.05, 0) is 24.6 Å². The highest BCUT2D eigenvalue weighted by molar-refractivity contribution is 5.82. The molecule has 0 aliphatic carbocycles. The molecule has 0 aliphatic rings. The fraction of sp³-hybridized carbons (Fsp3) is 0.133. The van der Waals surface area contributed by atoms with Crippen LogP contribution in [0.3, 0.4) is 0 Å². The number of aryl methyl sites for hydroxylation is 1. The molecule has 1 aromatic carbocycles. The summed E-state index contributed by atoms with van der Waals surface area (Å²) in [4.78, 5) is 37.9. The average molecular weight is 355 g/mol. The molecule has 1 amide bonds. The van der Waals surface area contributed by atoms with Gasteiger partial charge in [0.15, 0.2) is 0 Å². The van der Waals surface area contributed by atoms with E-state index in [9.17, 15) is 19.7 Å². The molecule has 132 valence electrons. The van der Waals surface area contributed by atoms with E-state index < -0.39 is 10.8 Å². The Morgan fingerprint density at radius 2 is 2.12 bits per heavy atom. The minimum absolute atomic E-state index is 0.0304. The summed E-state index contributed by atoms with van der Waals surface area (Å²) in [6.07, 6.45) is 2.60. The first-order valence-corrected chi connectivity index (χ1v) is 7.42. The van der Waals surface area contributed by atoms with E-state index in [2.05, 4.69) is 20.6 Å². The number of aromatic nitrogens is 4. The van der Waals surface area contributed by atoms with Crippen molar-refractivity contribution in [2.24, 2.45) is 5.10 Å². The van der Waals surface area contributed by atoms with Gasteiger partial charge in [0.2, 0.25) is 5.78 Å². The molecule has 2 heterocycles. The summed E-state index contributed by atoms with van der Waals surface area (Å²) in [7, 11) is 0. The predicted octanol–water partition coefficient (Wildman–Crippen LogP) is 0.258. The predicted molar refractivity (Wildman–Crippen MR) is 90.8 cm³/mol. The van der Waals surface area contributed by atoms with Crippen LogP contribution < -0.4 is 11.0 Å². The van der Waals surface area contributed by atoms with Crippen LogP contribution in [-0.2, 0) is 11.3 Å². The first-order valence-electron chi connectivity index (χ1n) is 7.42. The molecule has 0 bridgehead atoms. The smallest absolute Gasteiger partial charge is 0.275 e. The monoisotopic (exact) mass is 355 g/mol. The normalized spacial score (nSPS) is 11.1. The fourth-order valence-electron chi connectivity index (χ4n) is 2.29. The number of hydrogen-bond donors (Lipinski definition) is 1. The number of amides is 1. The first-order chi connectivity index (χ1) is 12.5. The number of hydrazone groups is 1. The third-order valence-corrected chi connectivity index (χ3v) is 3.55. The van der Waals surface area contributed by atoms with Crippen LogP contribution in [0, 0.1) is 17.0 Å². The third-order valence-electron chi connectivity index (χ3n) is 3.55. The quantitative estimate of drug-likeness (QED) is 0.396. The average Bonchev–Trinajstić information content (AvgIpc) is 3.09. The number of non-ortho nitro benzene ring substituents is 1. The van der Waals surface area contributed by atoms with Crippen molar-refractivity contribution in [1.82, 2.24) is 24.6 Å². The highest BCUT2D eigenvalue weighted by Crippen LogP contribution is 2.10. The lowest BCUT2D eigenvalue weighted by Gasteiger charge is -2.09. The van der Waals surface area contributed by atoms with Gasteiger partial charge in [0.1, 0.15) is 12.9 Å². The fourth-order valence-corrected chi connectivity index (χ4v) is 2.29. The lowest BCUT2D eigenvalue weighted by molar-refractivity contribution is -0.384. The number of fused-ring (bicyclic) bond motifs is 1. The van der Waals surface area contributed by atoms with Gasteiger partial charge in [-0.3, -0.25) is 19.7 Å². The van der Waals surface area contributed by atoms with Crippen LogP contribution >= 0.6 is 0 Å². The van der Waals surface area contributed by atoms with Gasteiger partial charge in [-0.25, -0.2) is 5.43 Å². The van der Waals surface area contributed by atoms with Crippen molar-refractivity contribution in [2.45, 2.75) is 13.5 Å². The summed E-state index contributed by atoms with van der Waals surface area (Å²) < 4.78 is 2.63. The highest BCUT2D eigenvalue weighted by Gasteiger charge is 2.11. The maximum absolute atomic E-state index is 12.1. The molecule has 0 unspecified atom stereocenters. The van der Waals surface area contributed by atoms with Crippen LogP contribution in [-0.4, -0.2) is 36.2 Å². The zero-order valence-corrected chi connectivity index (χ0v) is 13.6. The molecule has 3 aromatic rings. The Morgan fingerprint density at radius 3 is 2.81 bits per heavy atom. The molecule has 1 N–H and O–H groups in total. The maximum Gasteiger partial charge on any atom is 0.275 e. The molecule has 0 fully saturated rings. The van der Waals surface area contributed by atoms with E-state index in [4.69, 9.17) is 0 Å².